The zero-order valence-electron chi connectivity index (χ0n) is 18.3. The molecule has 172 valence electrons. The van der Waals surface area contributed by atoms with E-state index < -0.39 is 6.03 Å². The fraction of sp³-hybridized carbons (Fsp3) is 0.304. The van der Waals surface area contributed by atoms with Crippen LogP contribution in [0.15, 0.2) is 48.9 Å². The van der Waals surface area contributed by atoms with Gasteiger partial charge in [-0.3, -0.25) is 20.4 Å². The molecule has 4 rings (SSSR count). The van der Waals surface area contributed by atoms with Crippen LogP contribution in [0.4, 0.5) is 15.6 Å². The van der Waals surface area contributed by atoms with Crippen molar-refractivity contribution >= 4 is 34.1 Å². The molecule has 2 aromatic heterocycles. The van der Waals surface area contributed by atoms with E-state index in [9.17, 15) is 9.59 Å². The molecule has 3 aromatic rings. The van der Waals surface area contributed by atoms with Crippen molar-refractivity contribution < 1.29 is 14.3 Å². The molecule has 1 atom stereocenters. The summed E-state index contributed by atoms with van der Waals surface area (Å²) >= 11 is 1.33. The Bertz CT molecular complexity index is 1100. The zero-order chi connectivity index (χ0) is 23.0. The van der Waals surface area contributed by atoms with Crippen molar-refractivity contribution in [1.29, 1.82) is 0 Å². The number of hydrogen-bond donors (Lipinski definition) is 4. The van der Waals surface area contributed by atoms with Gasteiger partial charge in [-0.15, -0.1) is 11.3 Å². The van der Waals surface area contributed by atoms with E-state index >= 15 is 0 Å². The lowest BCUT2D eigenvalue weighted by Gasteiger charge is -2.16. The number of benzene rings is 1. The largest absolute Gasteiger partial charge is 0.497 e. The summed E-state index contributed by atoms with van der Waals surface area (Å²) in [4.78, 5) is 34.6. The van der Waals surface area contributed by atoms with Crippen LogP contribution in [0.5, 0.6) is 5.75 Å². The number of amides is 3. The Morgan fingerprint density at radius 2 is 2.09 bits per heavy atom. The predicted molar refractivity (Wildman–Crippen MR) is 129 cm³/mol. The van der Waals surface area contributed by atoms with Crippen molar-refractivity contribution in [2.24, 2.45) is 0 Å². The van der Waals surface area contributed by atoms with Gasteiger partial charge in [0.1, 0.15) is 10.8 Å². The molecule has 1 fully saturated rings. The number of carbonyl (C=O) groups is 2. The molecule has 9 nitrogen and oxygen atoms in total. The number of anilines is 2. The highest BCUT2D eigenvalue weighted by atomic mass is 32.1. The van der Waals surface area contributed by atoms with Gasteiger partial charge in [-0.1, -0.05) is 18.6 Å². The second-order valence-corrected chi connectivity index (χ2v) is 8.68. The lowest BCUT2D eigenvalue weighted by atomic mass is 10.1. The molecule has 1 aliphatic heterocycles. The van der Waals surface area contributed by atoms with E-state index in [0.29, 0.717) is 22.1 Å². The number of carbonyl (C=O) groups excluding carboxylic acids is 2. The van der Waals surface area contributed by atoms with E-state index in [1.807, 2.05) is 24.3 Å². The molecule has 0 spiro atoms. The van der Waals surface area contributed by atoms with Crippen LogP contribution in [0.1, 0.15) is 29.6 Å². The van der Waals surface area contributed by atoms with E-state index in [0.717, 1.165) is 42.8 Å². The molecule has 1 saturated heterocycles. The van der Waals surface area contributed by atoms with Crippen LogP contribution in [0.2, 0.25) is 0 Å². The number of nitrogens with one attached hydrogen (secondary N) is 4. The van der Waals surface area contributed by atoms with Gasteiger partial charge in [0.05, 0.1) is 18.9 Å². The summed E-state index contributed by atoms with van der Waals surface area (Å²) in [5.41, 5.74) is 1.31. The molecule has 3 heterocycles. The molecule has 33 heavy (non-hydrogen) atoms. The lowest BCUT2D eigenvalue weighted by Crippen LogP contribution is -2.41. The fourth-order valence-corrected chi connectivity index (χ4v) is 4.64. The van der Waals surface area contributed by atoms with Crippen LogP contribution >= 0.6 is 11.3 Å². The van der Waals surface area contributed by atoms with E-state index in [1.54, 1.807) is 13.2 Å². The third-order valence-corrected chi connectivity index (χ3v) is 6.34. The molecule has 1 aliphatic rings. The molecule has 1 aromatic carbocycles. The van der Waals surface area contributed by atoms with Gasteiger partial charge >= 0.3 is 6.03 Å². The van der Waals surface area contributed by atoms with Gasteiger partial charge < -0.3 is 15.4 Å². The van der Waals surface area contributed by atoms with E-state index in [1.165, 1.54) is 29.9 Å². The number of rotatable bonds is 6. The van der Waals surface area contributed by atoms with Crippen LogP contribution in [0, 0.1) is 0 Å². The number of methoxy groups -OCH3 is 1. The molecule has 3 amide bonds. The average Bonchev–Trinajstić information content (AvgIpc) is 3.08. The number of aromatic nitrogens is 2. The van der Waals surface area contributed by atoms with Crippen LogP contribution in [-0.2, 0) is 0 Å². The van der Waals surface area contributed by atoms with Crippen molar-refractivity contribution in [3.8, 4) is 16.2 Å². The molecule has 0 radical (unpaired) electrons. The minimum atomic E-state index is -0.500. The molecule has 0 bridgehead atoms. The molecular weight excluding hydrogens is 440 g/mol. The third kappa shape index (κ3) is 6.05. The first-order valence-electron chi connectivity index (χ1n) is 10.8. The maximum atomic E-state index is 13.2. The summed E-state index contributed by atoms with van der Waals surface area (Å²) in [7, 11) is 1.61. The number of thiophene rings is 1. The topological polar surface area (TPSA) is 117 Å². The van der Waals surface area contributed by atoms with Crippen molar-refractivity contribution in [2.75, 3.05) is 30.8 Å². The number of ether oxygens (including phenoxy) is 1. The van der Waals surface area contributed by atoms with Gasteiger partial charge in [0, 0.05) is 29.9 Å². The van der Waals surface area contributed by atoms with Crippen LogP contribution in [-0.4, -0.2) is 48.1 Å². The molecule has 4 N–H and O–H groups in total. The van der Waals surface area contributed by atoms with Crippen LogP contribution in [0.3, 0.4) is 0 Å². The summed E-state index contributed by atoms with van der Waals surface area (Å²) in [6.07, 6.45) is 7.53. The standard InChI is InChI=1S/C23H26N6O3S/c1-32-17-7-4-5-15(11-17)19-12-18(21(30)27-16-6-2-3-8-24-13-16)22(33-19)29-23(31)28-20-14-25-9-10-26-20/h4-5,7,9-12,14,16,24H,2-3,6,8,13H2,1H3,(H,27,30)(H2,26,28,29,31)/t16-/m0/s1. The number of hydrogen-bond acceptors (Lipinski definition) is 7. The molecule has 0 aliphatic carbocycles. The van der Waals surface area contributed by atoms with Crippen molar-refractivity contribution in [2.45, 2.75) is 25.3 Å². The first-order chi connectivity index (χ1) is 16.1. The third-order valence-electron chi connectivity index (χ3n) is 5.24. The Morgan fingerprint density at radius 3 is 2.91 bits per heavy atom. The predicted octanol–water partition coefficient (Wildman–Crippen LogP) is 3.73. The van der Waals surface area contributed by atoms with Gasteiger partial charge in [0.15, 0.2) is 5.82 Å². The Kier molecular flexibility index (Phi) is 7.48. The molecule has 10 heteroatoms. The highest BCUT2D eigenvalue weighted by Crippen LogP contribution is 2.37. The molecule has 0 saturated carbocycles. The van der Waals surface area contributed by atoms with Gasteiger partial charge in [-0.2, -0.15) is 0 Å². The maximum absolute atomic E-state index is 13.2. The van der Waals surface area contributed by atoms with E-state index in [-0.39, 0.29) is 11.9 Å². The summed E-state index contributed by atoms with van der Waals surface area (Å²) < 4.78 is 5.33. The smallest absolute Gasteiger partial charge is 0.325 e. The van der Waals surface area contributed by atoms with Gasteiger partial charge in [-0.25, -0.2) is 9.78 Å². The Hall–Kier alpha value is -3.50. The Morgan fingerprint density at radius 1 is 1.18 bits per heavy atom. The minimum Gasteiger partial charge on any atom is -0.497 e. The first kappa shape index (κ1) is 22.7. The minimum absolute atomic E-state index is 0.0430. The van der Waals surface area contributed by atoms with E-state index in [4.69, 9.17) is 4.74 Å². The Balaban J connectivity index is 1.58. The van der Waals surface area contributed by atoms with Gasteiger partial charge in [0.25, 0.3) is 5.91 Å². The van der Waals surface area contributed by atoms with Crippen molar-refractivity contribution in [1.82, 2.24) is 20.6 Å². The summed E-state index contributed by atoms with van der Waals surface area (Å²) in [6, 6.07) is 8.93. The first-order valence-corrected chi connectivity index (χ1v) is 11.6. The number of urea groups is 1. The van der Waals surface area contributed by atoms with Crippen molar-refractivity contribution in [3.63, 3.8) is 0 Å². The van der Waals surface area contributed by atoms with E-state index in [2.05, 4.69) is 31.2 Å². The second kappa shape index (κ2) is 10.9. The maximum Gasteiger partial charge on any atom is 0.325 e. The molecular formula is C23H26N6O3S. The Labute approximate surface area is 196 Å². The summed E-state index contributed by atoms with van der Waals surface area (Å²) in [5, 5.41) is 12.4. The van der Waals surface area contributed by atoms with Gasteiger partial charge in [-0.05, 0) is 43.1 Å². The fourth-order valence-electron chi connectivity index (χ4n) is 3.59. The number of nitrogens with zero attached hydrogens (tertiary/aromatic N) is 2. The normalized spacial score (nSPS) is 15.8. The van der Waals surface area contributed by atoms with Gasteiger partial charge in [0.2, 0.25) is 0 Å². The van der Waals surface area contributed by atoms with Crippen LogP contribution in [0.25, 0.3) is 10.4 Å². The SMILES string of the molecule is COc1cccc(-c2cc(C(=O)N[C@H]3CCCCNC3)c(NC(=O)Nc3cnccn3)s2)c1. The molecule has 0 unspecified atom stereocenters. The summed E-state index contributed by atoms with van der Waals surface area (Å²) in [5.74, 6) is 0.811. The lowest BCUT2D eigenvalue weighted by molar-refractivity contribution is 0.0937. The monoisotopic (exact) mass is 466 g/mol. The highest BCUT2D eigenvalue weighted by molar-refractivity contribution is 7.20. The summed E-state index contributed by atoms with van der Waals surface area (Å²) in [6.45, 7) is 1.69. The highest BCUT2D eigenvalue weighted by Gasteiger charge is 2.22. The van der Waals surface area contributed by atoms with Crippen molar-refractivity contribution in [3.05, 3.63) is 54.5 Å². The van der Waals surface area contributed by atoms with Crippen LogP contribution < -0.4 is 26.0 Å². The zero-order valence-corrected chi connectivity index (χ0v) is 19.1. The second-order valence-electron chi connectivity index (χ2n) is 7.63. The average molecular weight is 467 g/mol. The quantitative estimate of drug-likeness (QED) is 0.440.